The van der Waals surface area contributed by atoms with Crippen LogP contribution in [-0.2, 0) is 11.3 Å². The number of hydrogen-bond donors (Lipinski definition) is 2. The maximum Gasteiger partial charge on any atom is 0.325 e. The van der Waals surface area contributed by atoms with Gasteiger partial charge in [0, 0.05) is 0 Å². The van der Waals surface area contributed by atoms with Crippen LogP contribution in [0.4, 0.5) is 4.79 Å². The van der Waals surface area contributed by atoms with Crippen molar-refractivity contribution < 1.29 is 18.5 Å². The molecule has 2 aliphatic heterocycles. The first-order chi connectivity index (χ1) is 12.6. The van der Waals surface area contributed by atoms with Crippen molar-refractivity contribution in [1.82, 2.24) is 25.7 Å². The fraction of sp³-hybridized carbons (Fsp3) is 0.529. The summed E-state index contributed by atoms with van der Waals surface area (Å²) in [5, 5.41) is 10.1. The van der Waals surface area contributed by atoms with Crippen LogP contribution in [0, 0.1) is 5.92 Å². The van der Waals surface area contributed by atoms with E-state index in [0.29, 0.717) is 12.2 Å². The Morgan fingerprint density at radius 2 is 2.15 bits per heavy atom. The summed E-state index contributed by atoms with van der Waals surface area (Å²) in [6.45, 7) is 3.59. The first-order valence-corrected chi connectivity index (χ1v) is 8.85. The van der Waals surface area contributed by atoms with Crippen molar-refractivity contribution in [2.75, 3.05) is 13.1 Å². The molecule has 2 aromatic heterocycles. The van der Waals surface area contributed by atoms with Crippen LogP contribution in [0.2, 0.25) is 0 Å². The van der Waals surface area contributed by atoms with Crippen molar-refractivity contribution in [2.24, 2.45) is 5.92 Å². The fourth-order valence-corrected chi connectivity index (χ4v) is 3.87. The molecule has 0 saturated carbocycles. The molecule has 1 atom stereocenters. The van der Waals surface area contributed by atoms with Gasteiger partial charge in [-0.3, -0.25) is 9.69 Å². The quantitative estimate of drug-likeness (QED) is 0.778. The lowest BCUT2D eigenvalue weighted by Crippen LogP contribution is -2.55. The van der Waals surface area contributed by atoms with Crippen LogP contribution in [0.1, 0.15) is 32.1 Å². The molecule has 26 heavy (non-hydrogen) atoms. The van der Waals surface area contributed by atoms with Crippen molar-refractivity contribution in [3.05, 3.63) is 24.3 Å². The van der Waals surface area contributed by atoms with Crippen LogP contribution in [0.3, 0.4) is 0 Å². The molecule has 0 aromatic carbocycles. The Morgan fingerprint density at radius 1 is 1.35 bits per heavy atom. The number of hydrogen-bond acceptors (Lipinski definition) is 7. The van der Waals surface area contributed by atoms with E-state index in [4.69, 9.17) is 8.94 Å². The number of carbonyl (C=O) groups is 2. The van der Waals surface area contributed by atoms with Gasteiger partial charge in [-0.15, -0.1) is 0 Å². The van der Waals surface area contributed by atoms with Crippen LogP contribution in [0.25, 0.3) is 11.6 Å². The number of aromatic nitrogens is 2. The van der Waals surface area contributed by atoms with E-state index in [-0.39, 0.29) is 30.1 Å². The molecule has 3 amide bonds. The summed E-state index contributed by atoms with van der Waals surface area (Å²) < 4.78 is 10.4. The first-order valence-electron chi connectivity index (χ1n) is 8.85. The van der Waals surface area contributed by atoms with Gasteiger partial charge >= 0.3 is 6.03 Å². The largest absolute Gasteiger partial charge is 0.461 e. The van der Waals surface area contributed by atoms with Gasteiger partial charge in [0.2, 0.25) is 11.7 Å². The highest BCUT2D eigenvalue weighted by Gasteiger charge is 2.54. The van der Waals surface area contributed by atoms with E-state index in [1.807, 2.05) is 6.92 Å². The highest BCUT2D eigenvalue weighted by Crippen LogP contribution is 2.35. The van der Waals surface area contributed by atoms with Gasteiger partial charge in [0.15, 0.2) is 5.76 Å². The standard InChI is InChI=1S/C17H21N5O4/c1-2-17(11-5-7-18-8-6-11)15(23)22(16(24)20-17)10-13-19-14(21-26-13)12-4-3-9-25-12/h3-4,9,11,18H,2,5-8,10H2,1H3,(H,20,24)/t17-/m0/s1. The van der Waals surface area contributed by atoms with Crippen LogP contribution < -0.4 is 10.6 Å². The predicted molar refractivity (Wildman–Crippen MR) is 89.7 cm³/mol. The number of furan rings is 1. The van der Waals surface area contributed by atoms with Gasteiger partial charge in [0.1, 0.15) is 12.1 Å². The maximum absolute atomic E-state index is 13.1. The Morgan fingerprint density at radius 3 is 2.85 bits per heavy atom. The zero-order chi connectivity index (χ0) is 18.1. The lowest BCUT2D eigenvalue weighted by atomic mass is 9.76. The summed E-state index contributed by atoms with van der Waals surface area (Å²) in [5.74, 6) is 0.857. The van der Waals surface area contributed by atoms with Gasteiger partial charge in [0.25, 0.3) is 5.91 Å². The van der Waals surface area contributed by atoms with Gasteiger partial charge in [-0.2, -0.15) is 4.98 Å². The van der Waals surface area contributed by atoms with Crippen molar-refractivity contribution >= 4 is 11.9 Å². The van der Waals surface area contributed by atoms with E-state index < -0.39 is 11.6 Å². The number of rotatable bonds is 5. The third kappa shape index (κ3) is 2.68. The molecule has 0 radical (unpaired) electrons. The minimum Gasteiger partial charge on any atom is -0.461 e. The fourth-order valence-electron chi connectivity index (χ4n) is 3.87. The third-order valence-corrected chi connectivity index (χ3v) is 5.30. The Bertz CT molecular complexity index is 796. The first kappa shape index (κ1) is 16.8. The predicted octanol–water partition coefficient (Wildman–Crippen LogP) is 1.53. The second-order valence-corrected chi connectivity index (χ2v) is 6.66. The average Bonchev–Trinajstić information content (AvgIpc) is 3.39. The molecule has 0 unspecified atom stereocenters. The van der Waals surface area contributed by atoms with Crippen molar-refractivity contribution in [1.29, 1.82) is 0 Å². The normalized spacial score (nSPS) is 24.3. The molecular formula is C17H21N5O4. The van der Waals surface area contributed by atoms with Crippen LogP contribution in [0.5, 0.6) is 0 Å². The van der Waals surface area contributed by atoms with E-state index in [0.717, 1.165) is 25.9 Å². The summed E-state index contributed by atoms with van der Waals surface area (Å²) in [6.07, 6.45) is 3.78. The number of urea groups is 1. The van der Waals surface area contributed by atoms with Gasteiger partial charge < -0.3 is 19.6 Å². The summed E-state index contributed by atoms with van der Waals surface area (Å²) in [6, 6.07) is 3.02. The minimum atomic E-state index is -0.844. The molecule has 2 saturated heterocycles. The number of amides is 3. The highest BCUT2D eigenvalue weighted by atomic mass is 16.5. The molecule has 2 aliphatic rings. The number of imide groups is 1. The maximum atomic E-state index is 13.1. The molecule has 2 aromatic rings. The van der Waals surface area contributed by atoms with Crippen LogP contribution >= 0.6 is 0 Å². The zero-order valence-electron chi connectivity index (χ0n) is 14.5. The van der Waals surface area contributed by atoms with E-state index in [1.165, 1.54) is 11.2 Å². The molecule has 0 aliphatic carbocycles. The van der Waals surface area contributed by atoms with E-state index in [9.17, 15) is 9.59 Å². The molecule has 0 spiro atoms. The van der Waals surface area contributed by atoms with Crippen molar-refractivity contribution in [3.63, 3.8) is 0 Å². The van der Waals surface area contributed by atoms with Crippen LogP contribution in [0.15, 0.2) is 27.3 Å². The number of carbonyl (C=O) groups excluding carboxylic acids is 2. The summed E-state index contributed by atoms with van der Waals surface area (Å²) in [5.41, 5.74) is -0.844. The highest BCUT2D eigenvalue weighted by molar-refractivity contribution is 6.07. The lowest BCUT2D eigenvalue weighted by Gasteiger charge is -2.37. The Kier molecular flexibility index (Phi) is 4.23. The summed E-state index contributed by atoms with van der Waals surface area (Å²) >= 11 is 0. The monoisotopic (exact) mass is 359 g/mol. The van der Waals surface area contributed by atoms with Crippen molar-refractivity contribution in [2.45, 2.75) is 38.3 Å². The van der Waals surface area contributed by atoms with E-state index in [2.05, 4.69) is 20.8 Å². The molecule has 2 N–H and O–H groups in total. The van der Waals surface area contributed by atoms with Crippen molar-refractivity contribution in [3.8, 4) is 11.6 Å². The van der Waals surface area contributed by atoms with Gasteiger partial charge in [-0.1, -0.05) is 12.1 Å². The third-order valence-electron chi connectivity index (χ3n) is 5.30. The zero-order valence-corrected chi connectivity index (χ0v) is 14.5. The number of piperidine rings is 1. The molecule has 9 heteroatoms. The minimum absolute atomic E-state index is 0.0505. The SMILES string of the molecule is CC[C@@]1(C2CCNCC2)NC(=O)N(Cc2nc(-c3ccco3)no2)C1=O. The summed E-state index contributed by atoms with van der Waals surface area (Å²) in [4.78, 5) is 31.0. The van der Waals surface area contributed by atoms with E-state index >= 15 is 0 Å². The van der Waals surface area contributed by atoms with Gasteiger partial charge in [0.05, 0.1) is 6.26 Å². The van der Waals surface area contributed by atoms with E-state index in [1.54, 1.807) is 12.1 Å². The molecule has 138 valence electrons. The smallest absolute Gasteiger partial charge is 0.325 e. The molecule has 4 rings (SSSR count). The van der Waals surface area contributed by atoms with Crippen LogP contribution in [-0.4, -0.2) is 45.6 Å². The Hall–Kier alpha value is -2.68. The number of nitrogens with zero attached hydrogens (tertiary/aromatic N) is 3. The molecule has 2 fully saturated rings. The second kappa shape index (κ2) is 6.56. The van der Waals surface area contributed by atoms with Gasteiger partial charge in [-0.05, 0) is 50.4 Å². The van der Waals surface area contributed by atoms with Gasteiger partial charge in [-0.25, -0.2) is 4.79 Å². The molecular weight excluding hydrogens is 338 g/mol. The molecule has 9 nitrogen and oxygen atoms in total. The second-order valence-electron chi connectivity index (χ2n) is 6.66. The molecule has 4 heterocycles. The summed E-state index contributed by atoms with van der Waals surface area (Å²) in [7, 11) is 0. The average molecular weight is 359 g/mol. The Labute approximate surface area is 150 Å². The topological polar surface area (TPSA) is 114 Å². The Balaban J connectivity index is 1.54. The molecule has 0 bridgehead atoms. The lowest BCUT2D eigenvalue weighted by molar-refractivity contribution is -0.134. The number of nitrogens with one attached hydrogen (secondary N) is 2.